The van der Waals surface area contributed by atoms with Gasteiger partial charge in [0.1, 0.15) is 6.33 Å². The summed E-state index contributed by atoms with van der Waals surface area (Å²) in [5.74, 6) is 7.19. The van der Waals surface area contributed by atoms with Crippen molar-refractivity contribution in [3.8, 4) is 5.75 Å². The minimum absolute atomic E-state index is 0.147. The highest BCUT2D eigenvalue weighted by atomic mass is 16.5. The maximum atomic E-state index is 5.50. The first-order valence-electron chi connectivity index (χ1n) is 5.81. The number of rotatable bonds is 3. The Hall–Kier alpha value is -1.60. The topological polar surface area (TPSA) is 85.5 Å². The Bertz CT molecular complexity index is 424. The number of nitrogen functional groups attached to an aromatic ring is 1. The molecule has 1 aromatic rings. The average Bonchev–Trinajstić information content (AvgIpc) is 2.37. The molecular weight excluding hydrogens is 234 g/mol. The second-order valence-corrected chi connectivity index (χ2v) is 4.74. The summed E-state index contributed by atoms with van der Waals surface area (Å²) in [5, 5.41) is 0. The molecular formula is C11H19N5O2. The van der Waals surface area contributed by atoms with Gasteiger partial charge in [0, 0.05) is 6.54 Å². The van der Waals surface area contributed by atoms with E-state index in [0.29, 0.717) is 24.8 Å². The lowest BCUT2D eigenvalue weighted by atomic mass is 10.0. The minimum atomic E-state index is -0.147. The SMILES string of the molecule is COc1c(NN)ncnc1N1CCOCC1(C)C. The van der Waals surface area contributed by atoms with E-state index in [1.54, 1.807) is 7.11 Å². The second kappa shape index (κ2) is 4.95. The highest BCUT2D eigenvalue weighted by Gasteiger charge is 2.34. The number of nitrogens with two attached hydrogens (primary N) is 1. The lowest BCUT2D eigenvalue weighted by Gasteiger charge is -2.43. The fourth-order valence-electron chi connectivity index (χ4n) is 2.10. The molecule has 0 bridgehead atoms. The molecule has 7 nitrogen and oxygen atoms in total. The third-order valence-electron chi connectivity index (χ3n) is 3.03. The van der Waals surface area contributed by atoms with E-state index in [4.69, 9.17) is 15.3 Å². The van der Waals surface area contributed by atoms with Crippen LogP contribution < -0.4 is 20.9 Å². The third kappa shape index (κ3) is 2.19. The van der Waals surface area contributed by atoms with E-state index in [0.717, 1.165) is 12.4 Å². The number of morpholine rings is 1. The molecule has 0 unspecified atom stereocenters. The summed E-state index contributed by atoms with van der Waals surface area (Å²) in [7, 11) is 1.58. The van der Waals surface area contributed by atoms with E-state index in [9.17, 15) is 0 Å². The molecule has 2 rings (SSSR count). The molecule has 7 heteroatoms. The lowest BCUT2D eigenvalue weighted by molar-refractivity contribution is 0.0636. The number of nitrogens with one attached hydrogen (secondary N) is 1. The van der Waals surface area contributed by atoms with Crippen LogP contribution in [0.2, 0.25) is 0 Å². The Kier molecular flexibility index (Phi) is 3.53. The zero-order valence-electron chi connectivity index (χ0n) is 10.9. The van der Waals surface area contributed by atoms with Crippen molar-refractivity contribution in [1.82, 2.24) is 9.97 Å². The fraction of sp³-hybridized carbons (Fsp3) is 0.636. The normalized spacial score (nSPS) is 18.6. The van der Waals surface area contributed by atoms with Crippen molar-refractivity contribution in [1.29, 1.82) is 0 Å². The highest BCUT2D eigenvalue weighted by Crippen LogP contribution is 2.35. The molecule has 0 aromatic carbocycles. The van der Waals surface area contributed by atoms with Crippen LogP contribution in [0, 0.1) is 0 Å². The van der Waals surface area contributed by atoms with Crippen LogP contribution in [0.3, 0.4) is 0 Å². The maximum absolute atomic E-state index is 5.50. The quantitative estimate of drug-likeness (QED) is 0.595. The largest absolute Gasteiger partial charge is 0.490 e. The van der Waals surface area contributed by atoms with E-state index < -0.39 is 0 Å². The molecule has 0 amide bonds. The van der Waals surface area contributed by atoms with E-state index in [1.807, 2.05) is 0 Å². The number of aromatic nitrogens is 2. The predicted molar refractivity (Wildman–Crippen MR) is 68.6 cm³/mol. The van der Waals surface area contributed by atoms with Crippen LogP contribution in [0.5, 0.6) is 5.75 Å². The number of anilines is 2. The Labute approximate surface area is 106 Å². The monoisotopic (exact) mass is 253 g/mol. The van der Waals surface area contributed by atoms with Gasteiger partial charge in [0.2, 0.25) is 5.75 Å². The number of hydrogen-bond acceptors (Lipinski definition) is 7. The molecule has 0 spiro atoms. The molecule has 1 aliphatic heterocycles. The number of hydrogen-bond donors (Lipinski definition) is 2. The van der Waals surface area contributed by atoms with E-state index in [2.05, 4.69) is 34.1 Å². The number of methoxy groups -OCH3 is 1. The van der Waals surface area contributed by atoms with Crippen LogP contribution in [-0.2, 0) is 4.74 Å². The van der Waals surface area contributed by atoms with Gasteiger partial charge in [-0.2, -0.15) is 0 Å². The molecule has 1 aliphatic rings. The van der Waals surface area contributed by atoms with Crippen LogP contribution in [-0.4, -0.2) is 42.4 Å². The number of hydrazine groups is 1. The highest BCUT2D eigenvalue weighted by molar-refractivity contribution is 5.65. The molecule has 18 heavy (non-hydrogen) atoms. The summed E-state index contributed by atoms with van der Waals surface area (Å²) in [6, 6.07) is 0. The first-order valence-corrected chi connectivity index (χ1v) is 5.81. The van der Waals surface area contributed by atoms with Gasteiger partial charge in [0.25, 0.3) is 0 Å². The number of nitrogens with zero attached hydrogens (tertiary/aromatic N) is 3. The summed E-state index contributed by atoms with van der Waals surface area (Å²) < 4.78 is 10.9. The smallest absolute Gasteiger partial charge is 0.205 e. The van der Waals surface area contributed by atoms with E-state index >= 15 is 0 Å². The molecule has 1 fully saturated rings. The van der Waals surface area contributed by atoms with Gasteiger partial charge in [0.05, 0.1) is 25.9 Å². The van der Waals surface area contributed by atoms with Gasteiger partial charge in [-0.3, -0.25) is 0 Å². The lowest BCUT2D eigenvalue weighted by Crippen LogP contribution is -2.53. The van der Waals surface area contributed by atoms with Crippen molar-refractivity contribution in [3.05, 3.63) is 6.33 Å². The first kappa shape index (κ1) is 12.8. The molecule has 1 aromatic heterocycles. The van der Waals surface area contributed by atoms with Gasteiger partial charge < -0.3 is 19.8 Å². The van der Waals surface area contributed by atoms with Crippen LogP contribution in [0.1, 0.15) is 13.8 Å². The van der Waals surface area contributed by atoms with Crippen molar-refractivity contribution < 1.29 is 9.47 Å². The molecule has 1 saturated heterocycles. The van der Waals surface area contributed by atoms with Gasteiger partial charge in [-0.15, -0.1) is 0 Å². The maximum Gasteiger partial charge on any atom is 0.205 e. The fourth-order valence-corrected chi connectivity index (χ4v) is 2.10. The predicted octanol–water partition coefficient (Wildman–Crippen LogP) is 0.386. The zero-order valence-corrected chi connectivity index (χ0v) is 10.9. The summed E-state index contributed by atoms with van der Waals surface area (Å²) in [6.45, 7) is 6.27. The second-order valence-electron chi connectivity index (χ2n) is 4.74. The van der Waals surface area contributed by atoms with Gasteiger partial charge in [-0.1, -0.05) is 0 Å². The summed E-state index contributed by atoms with van der Waals surface area (Å²) >= 11 is 0. The van der Waals surface area contributed by atoms with Gasteiger partial charge in [-0.25, -0.2) is 15.8 Å². The molecule has 0 radical (unpaired) electrons. The van der Waals surface area contributed by atoms with Crippen molar-refractivity contribution in [2.75, 3.05) is 37.2 Å². The molecule has 100 valence electrons. The molecule has 0 atom stereocenters. The Balaban J connectivity index is 2.43. The van der Waals surface area contributed by atoms with Crippen LogP contribution in [0.15, 0.2) is 6.33 Å². The van der Waals surface area contributed by atoms with Crippen LogP contribution in [0.4, 0.5) is 11.6 Å². The van der Waals surface area contributed by atoms with Gasteiger partial charge in [-0.05, 0) is 13.8 Å². The molecule has 0 saturated carbocycles. The average molecular weight is 253 g/mol. The minimum Gasteiger partial charge on any atom is -0.490 e. The van der Waals surface area contributed by atoms with Gasteiger partial charge >= 0.3 is 0 Å². The Morgan fingerprint density at radius 1 is 1.50 bits per heavy atom. The van der Waals surface area contributed by atoms with Crippen molar-refractivity contribution in [2.45, 2.75) is 19.4 Å². The summed E-state index contributed by atoms with van der Waals surface area (Å²) in [5.41, 5.74) is 2.37. The van der Waals surface area contributed by atoms with Gasteiger partial charge in [0.15, 0.2) is 11.6 Å². The van der Waals surface area contributed by atoms with Crippen LogP contribution >= 0.6 is 0 Å². The molecule has 3 N–H and O–H groups in total. The van der Waals surface area contributed by atoms with Crippen molar-refractivity contribution >= 4 is 11.6 Å². The summed E-state index contributed by atoms with van der Waals surface area (Å²) in [6.07, 6.45) is 1.47. The number of ether oxygens (including phenoxy) is 2. The zero-order chi connectivity index (χ0) is 13.2. The third-order valence-corrected chi connectivity index (χ3v) is 3.03. The van der Waals surface area contributed by atoms with Crippen molar-refractivity contribution in [2.24, 2.45) is 5.84 Å². The molecule has 0 aliphatic carbocycles. The van der Waals surface area contributed by atoms with E-state index in [1.165, 1.54) is 6.33 Å². The first-order chi connectivity index (χ1) is 8.60. The van der Waals surface area contributed by atoms with E-state index in [-0.39, 0.29) is 5.54 Å². The Morgan fingerprint density at radius 3 is 2.89 bits per heavy atom. The van der Waals surface area contributed by atoms with Crippen LogP contribution in [0.25, 0.3) is 0 Å². The van der Waals surface area contributed by atoms with Crippen molar-refractivity contribution in [3.63, 3.8) is 0 Å². The standard InChI is InChI=1S/C11H19N5O2/c1-11(2)6-18-5-4-16(11)10-8(17-3)9(15-12)13-7-14-10/h7H,4-6,12H2,1-3H3,(H,13,14,15). The molecule has 2 heterocycles. The summed E-state index contributed by atoms with van der Waals surface area (Å²) in [4.78, 5) is 10.5. The Morgan fingerprint density at radius 2 is 2.28 bits per heavy atom.